The van der Waals surface area contributed by atoms with E-state index >= 15 is 0 Å². The van der Waals surface area contributed by atoms with Crippen molar-refractivity contribution in [3.8, 4) is 11.5 Å². The Kier molecular flexibility index (Phi) is 7.18. The van der Waals surface area contributed by atoms with Gasteiger partial charge >= 0.3 is 5.97 Å². The van der Waals surface area contributed by atoms with Crippen LogP contribution in [-0.2, 0) is 11.4 Å². The number of methoxy groups -OCH3 is 1. The maximum Gasteiger partial charge on any atom is 0.307 e. The van der Waals surface area contributed by atoms with E-state index in [9.17, 15) is 9.90 Å². The summed E-state index contributed by atoms with van der Waals surface area (Å²) in [5.41, 5.74) is 3.04. The Labute approximate surface area is 204 Å². The lowest BCUT2D eigenvalue weighted by Crippen LogP contribution is -1.99. The first kappa shape index (κ1) is 23.1. The highest BCUT2D eigenvalue weighted by molar-refractivity contribution is 7.19. The molecule has 0 bridgehead atoms. The first-order chi connectivity index (χ1) is 15.9. The smallest absolute Gasteiger partial charge is 0.307 e. The fourth-order valence-electron chi connectivity index (χ4n) is 3.25. The van der Waals surface area contributed by atoms with Crippen LogP contribution in [-0.4, -0.2) is 23.2 Å². The highest BCUT2D eigenvalue weighted by Crippen LogP contribution is 2.34. The Bertz CT molecular complexity index is 1320. The Hall–Kier alpha value is -3.06. The van der Waals surface area contributed by atoms with E-state index in [0.29, 0.717) is 32.1 Å². The summed E-state index contributed by atoms with van der Waals surface area (Å²) in [5, 5.41) is 11.2. The van der Waals surface area contributed by atoms with Gasteiger partial charge < -0.3 is 14.6 Å². The molecule has 0 spiro atoms. The number of carboxylic acid groups (broad SMARTS) is 1. The molecule has 0 saturated heterocycles. The molecule has 0 fully saturated rings. The van der Waals surface area contributed by atoms with Crippen LogP contribution in [0.15, 0.2) is 60.7 Å². The summed E-state index contributed by atoms with van der Waals surface area (Å²) >= 11 is 13.6. The molecule has 5 nitrogen and oxygen atoms in total. The highest BCUT2D eigenvalue weighted by Gasteiger charge is 2.14. The molecule has 0 atom stereocenters. The van der Waals surface area contributed by atoms with Gasteiger partial charge in [-0.25, -0.2) is 4.98 Å². The predicted octanol–water partition coefficient (Wildman–Crippen LogP) is 7.21. The number of aromatic nitrogens is 1. The number of hydrogen-bond donors (Lipinski definition) is 1. The summed E-state index contributed by atoms with van der Waals surface area (Å²) in [4.78, 5) is 16.1. The van der Waals surface area contributed by atoms with Gasteiger partial charge in [0, 0.05) is 15.6 Å². The van der Waals surface area contributed by atoms with Crippen LogP contribution in [0.5, 0.6) is 11.5 Å². The first-order valence-electron chi connectivity index (χ1n) is 9.96. The number of carboxylic acids is 1. The maximum atomic E-state index is 11.5. The molecule has 0 saturated carbocycles. The van der Waals surface area contributed by atoms with Crippen LogP contribution in [0.3, 0.4) is 0 Å². The lowest BCUT2D eigenvalue weighted by molar-refractivity contribution is -0.135. The maximum absolute atomic E-state index is 11.5. The summed E-state index contributed by atoms with van der Waals surface area (Å²) in [6, 6.07) is 18.4. The van der Waals surface area contributed by atoms with Crippen molar-refractivity contribution in [1.29, 1.82) is 0 Å². The third-order valence-corrected chi connectivity index (χ3v) is 6.54. The molecule has 0 aliphatic rings. The first-order valence-corrected chi connectivity index (χ1v) is 11.5. The molecule has 1 aromatic heterocycles. The second-order valence-electron chi connectivity index (χ2n) is 7.16. The van der Waals surface area contributed by atoms with E-state index < -0.39 is 5.97 Å². The summed E-state index contributed by atoms with van der Waals surface area (Å²) in [6.07, 6.45) is 1.67. The van der Waals surface area contributed by atoms with Gasteiger partial charge in [0.1, 0.15) is 11.6 Å². The molecule has 3 aromatic carbocycles. The number of nitrogens with zero attached hydrogens (tertiary/aromatic N) is 1. The summed E-state index contributed by atoms with van der Waals surface area (Å²) in [7, 11) is 1.55. The summed E-state index contributed by atoms with van der Waals surface area (Å²) < 4.78 is 12.4. The lowest BCUT2D eigenvalue weighted by Gasteiger charge is -2.13. The molecule has 4 aromatic rings. The van der Waals surface area contributed by atoms with E-state index in [-0.39, 0.29) is 13.0 Å². The number of hydrogen-bond acceptors (Lipinski definition) is 5. The van der Waals surface area contributed by atoms with Gasteiger partial charge in [-0.3, -0.25) is 4.79 Å². The highest BCUT2D eigenvalue weighted by atomic mass is 35.5. The van der Waals surface area contributed by atoms with Gasteiger partial charge in [-0.05, 0) is 53.6 Å². The minimum atomic E-state index is -0.924. The fourth-order valence-corrected chi connectivity index (χ4v) is 4.69. The zero-order chi connectivity index (χ0) is 23.4. The van der Waals surface area contributed by atoms with Gasteiger partial charge in [0.15, 0.2) is 11.5 Å². The average Bonchev–Trinajstić information content (AvgIpc) is 3.22. The van der Waals surface area contributed by atoms with E-state index in [1.54, 1.807) is 31.4 Å². The molecule has 33 heavy (non-hydrogen) atoms. The average molecular weight is 500 g/mol. The van der Waals surface area contributed by atoms with Gasteiger partial charge in [-0.1, -0.05) is 47.5 Å². The van der Waals surface area contributed by atoms with E-state index in [0.717, 1.165) is 21.3 Å². The molecule has 0 amide bonds. The third kappa shape index (κ3) is 5.66. The van der Waals surface area contributed by atoms with Crippen LogP contribution in [0.4, 0.5) is 0 Å². The number of benzene rings is 3. The zero-order valence-corrected chi connectivity index (χ0v) is 19.9. The second-order valence-corrected chi connectivity index (χ2v) is 9.04. The number of aliphatic carboxylic acids is 1. The van der Waals surface area contributed by atoms with Crippen LogP contribution in [0.1, 0.15) is 22.6 Å². The number of para-hydroxylation sites is 1. The van der Waals surface area contributed by atoms with Gasteiger partial charge in [0.2, 0.25) is 0 Å². The summed E-state index contributed by atoms with van der Waals surface area (Å²) in [6.45, 7) is 0.248. The van der Waals surface area contributed by atoms with Crippen molar-refractivity contribution in [2.45, 2.75) is 13.0 Å². The van der Waals surface area contributed by atoms with Crippen molar-refractivity contribution in [2.75, 3.05) is 7.11 Å². The quantitative estimate of drug-likeness (QED) is 0.277. The molecular formula is C25H19Cl2NO4S. The van der Waals surface area contributed by atoms with Crippen molar-refractivity contribution in [3.63, 3.8) is 0 Å². The van der Waals surface area contributed by atoms with Gasteiger partial charge in [-0.2, -0.15) is 0 Å². The number of carbonyl (C=O) groups is 1. The number of fused-ring (bicyclic) bond motifs is 1. The molecule has 0 aliphatic heterocycles. The Morgan fingerprint density at radius 3 is 2.64 bits per heavy atom. The monoisotopic (exact) mass is 499 g/mol. The minimum absolute atomic E-state index is 0.143. The van der Waals surface area contributed by atoms with Crippen LogP contribution < -0.4 is 9.47 Å². The molecule has 1 heterocycles. The van der Waals surface area contributed by atoms with E-state index in [1.807, 2.05) is 42.5 Å². The summed E-state index contributed by atoms with van der Waals surface area (Å²) in [5.74, 6) is 0.139. The predicted molar refractivity (Wildman–Crippen MR) is 134 cm³/mol. The van der Waals surface area contributed by atoms with Crippen LogP contribution >= 0.6 is 34.5 Å². The minimum Gasteiger partial charge on any atom is -0.493 e. The van der Waals surface area contributed by atoms with Gasteiger partial charge in [0.25, 0.3) is 0 Å². The van der Waals surface area contributed by atoms with Gasteiger partial charge in [0.05, 0.1) is 23.7 Å². The molecule has 4 rings (SSSR count). The number of rotatable bonds is 8. The van der Waals surface area contributed by atoms with Crippen LogP contribution in [0.25, 0.3) is 21.9 Å². The third-order valence-electron chi connectivity index (χ3n) is 4.84. The molecular weight excluding hydrogens is 481 g/mol. The molecule has 0 aliphatic carbocycles. The van der Waals surface area contributed by atoms with E-state index in [2.05, 4.69) is 4.98 Å². The van der Waals surface area contributed by atoms with Crippen molar-refractivity contribution >= 4 is 62.4 Å². The number of thiazole rings is 1. The van der Waals surface area contributed by atoms with E-state index in [4.69, 9.17) is 32.7 Å². The molecule has 0 unspecified atom stereocenters. The molecule has 8 heteroatoms. The fraction of sp³-hybridized carbons (Fsp3) is 0.120. The molecule has 1 N–H and O–H groups in total. The normalized spacial score (nSPS) is 11.5. The van der Waals surface area contributed by atoms with Crippen LogP contribution in [0.2, 0.25) is 10.0 Å². The Balaban J connectivity index is 1.61. The SMILES string of the molecule is COc1cc(/C=C(\CC(=O)O)c2nc3ccccc3s2)ccc1OCc1ccc(Cl)cc1Cl. The Morgan fingerprint density at radius 1 is 1.09 bits per heavy atom. The van der Waals surface area contributed by atoms with E-state index in [1.165, 1.54) is 11.3 Å². The number of ether oxygens (including phenoxy) is 2. The Morgan fingerprint density at radius 2 is 1.91 bits per heavy atom. The van der Waals surface area contributed by atoms with Crippen LogP contribution in [0, 0.1) is 0 Å². The topological polar surface area (TPSA) is 68.7 Å². The zero-order valence-electron chi connectivity index (χ0n) is 17.5. The van der Waals surface area contributed by atoms with Gasteiger partial charge in [-0.15, -0.1) is 11.3 Å². The standard InChI is InChI=1S/C25H19Cl2NO4S/c1-31-22-11-15(6-9-21(22)32-14-16-7-8-18(26)13-19(16)27)10-17(12-24(29)30)25-28-20-4-2-3-5-23(20)33-25/h2-11,13H,12,14H2,1H3,(H,29,30)/b17-10+. The second kappa shape index (κ2) is 10.3. The van der Waals surface area contributed by atoms with Crippen molar-refractivity contribution in [3.05, 3.63) is 86.8 Å². The molecule has 168 valence electrons. The molecule has 0 radical (unpaired) electrons. The number of halogens is 2. The van der Waals surface area contributed by atoms with Crippen molar-refractivity contribution in [2.24, 2.45) is 0 Å². The van der Waals surface area contributed by atoms with Crippen molar-refractivity contribution in [1.82, 2.24) is 4.98 Å². The van der Waals surface area contributed by atoms with Crippen molar-refractivity contribution < 1.29 is 19.4 Å². The lowest BCUT2D eigenvalue weighted by atomic mass is 10.1. The largest absolute Gasteiger partial charge is 0.493 e.